The van der Waals surface area contributed by atoms with Gasteiger partial charge in [-0.05, 0) is 63.0 Å². The number of hydrogen-bond acceptors (Lipinski definition) is 16. The third kappa shape index (κ3) is 21.4. The lowest BCUT2D eigenvalue weighted by atomic mass is 9.95. The quantitative estimate of drug-likeness (QED) is 0.0223. The molecule has 5 rings (SSSR count). The van der Waals surface area contributed by atoms with Crippen molar-refractivity contribution in [1.29, 1.82) is 0 Å². The Bertz CT molecular complexity index is 2190. The summed E-state index contributed by atoms with van der Waals surface area (Å²) in [5.41, 5.74) is 11.0. The van der Waals surface area contributed by atoms with Crippen LogP contribution in [0, 0.1) is 0 Å². The van der Waals surface area contributed by atoms with Crippen molar-refractivity contribution in [2.75, 3.05) is 104 Å². The van der Waals surface area contributed by atoms with Gasteiger partial charge in [0.25, 0.3) is 0 Å². The lowest BCUT2D eigenvalue weighted by Crippen LogP contribution is -2.37. The summed E-state index contributed by atoms with van der Waals surface area (Å²) >= 11 is 0. The van der Waals surface area contributed by atoms with E-state index in [9.17, 15) is 38.8 Å². The third-order valence-corrected chi connectivity index (χ3v) is 14.0. The van der Waals surface area contributed by atoms with Gasteiger partial charge in [0.15, 0.2) is 0 Å². The number of fused-ring (bicyclic) bond motifs is 2. The van der Waals surface area contributed by atoms with Crippen LogP contribution in [0.1, 0.15) is 113 Å². The van der Waals surface area contributed by atoms with Crippen LogP contribution in [0.2, 0.25) is 0 Å². The first-order valence-electron chi connectivity index (χ1n) is 27.0. The normalized spacial score (nSPS) is 18.7. The third-order valence-electron chi connectivity index (χ3n) is 13.5. The number of anilines is 1. The van der Waals surface area contributed by atoms with Crippen LogP contribution in [0.5, 0.6) is 0 Å². The summed E-state index contributed by atoms with van der Waals surface area (Å²) in [5.74, 6) is 6.40. The first-order valence-corrected chi connectivity index (χ1v) is 28.2. The van der Waals surface area contributed by atoms with Crippen LogP contribution in [0.15, 0.2) is 48.5 Å². The second kappa shape index (κ2) is 34.7. The number of carbonyl (C=O) groups excluding carboxylic acids is 5. The minimum absolute atomic E-state index is 0.00293. The van der Waals surface area contributed by atoms with Crippen molar-refractivity contribution in [2.24, 2.45) is 11.6 Å². The molecule has 3 aliphatic heterocycles. The summed E-state index contributed by atoms with van der Waals surface area (Å²) in [6.07, 6.45) is 7.00. The maximum Gasteiger partial charge on any atom is 0.316 e. The van der Waals surface area contributed by atoms with E-state index < -0.39 is 14.4 Å². The van der Waals surface area contributed by atoms with E-state index in [1.54, 1.807) is 19.7 Å². The molecule has 2 saturated heterocycles. The molecule has 0 aliphatic carbocycles. The number of carbonyl (C=O) groups is 5. The van der Waals surface area contributed by atoms with Gasteiger partial charge in [-0.2, -0.15) is 0 Å². The summed E-state index contributed by atoms with van der Waals surface area (Å²) in [6.45, 7) is 5.36. The summed E-state index contributed by atoms with van der Waals surface area (Å²) in [7, 11) is -3.02. The lowest BCUT2D eigenvalue weighted by molar-refractivity contribution is -0.133. The highest BCUT2D eigenvalue weighted by atomic mass is 31.1. The summed E-state index contributed by atoms with van der Waals surface area (Å²) < 4.78 is 38.5. The Hall–Kier alpha value is -5.00. The van der Waals surface area contributed by atoms with E-state index in [1.807, 2.05) is 48.5 Å². The molecule has 424 valence electrons. The van der Waals surface area contributed by atoms with Crippen LogP contribution in [0.25, 0.3) is 11.4 Å². The highest BCUT2D eigenvalue weighted by molar-refractivity contribution is 7.32. The van der Waals surface area contributed by atoms with Gasteiger partial charge in [0, 0.05) is 76.0 Å². The molecule has 2 aromatic rings. The van der Waals surface area contributed by atoms with Crippen LogP contribution in [-0.4, -0.2) is 176 Å². The molecule has 5 amide bonds. The van der Waals surface area contributed by atoms with Crippen LogP contribution >= 0.6 is 8.25 Å². The molecule has 0 spiro atoms. The zero-order chi connectivity index (χ0) is 54.5. The van der Waals surface area contributed by atoms with Gasteiger partial charge in [0.1, 0.15) is 0 Å². The largest absolute Gasteiger partial charge is 0.396 e. The van der Waals surface area contributed by atoms with E-state index in [4.69, 9.17) is 39.9 Å². The van der Waals surface area contributed by atoms with E-state index in [0.29, 0.717) is 166 Å². The molecule has 1 unspecified atom stereocenters. The van der Waals surface area contributed by atoms with Crippen LogP contribution in [0.4, 0.5) is 5.69 Å². The van der Waals surface area contributed by atoms with E-state index in [2.05, 4.69) is 10.6 Å². The standard InChI is InChI=1S/C53H83N8O14P/c54-52-45-15-7-8-16-46(45)60(51(68)20-10-9-17-47(64)56-23-11-1-3-18-49(66)58-25-21-43(38-58)75-76(69)70)36-40-13-5-6-14-44(40)53(52)61(55)26-28-72-30-32-74-34-33-73-31-29-71-27-22-48(65)57-24-12-2-4-19-50(67)59-37-42(63)35-41(59)39-62/h5-8,13-16,41-43,62-63,76H,1-4,9-12,17-39,54-55H2,(H,56,64)(H,57,65)(H,69,70)/b53-52-/t41-,42+,43+/m0/s1. The topological polar surface area (TPSA) is 298 Å². The monoisotopic (exact) mass is 1090 g/mol. The zero-order valence-corrected chi connectivity index (χ0v) is 45.0. The van der Waals surface area contributed by atoms with Gasteiger partial charge in [0.05, 0.1) is 108 Å². The molecular formula is C53H83N8O14P. The number of rotatable bonds is 36. The van der Waals surface area contributed by atoms with Gasteiger partial charge in [-0.1, -0.05) is 55.3 Å². The number of hydrogen-bond donors (Lipinski definition) is 7. The fourth-order valence-electron chi connectivity index (χ4n) is 9.44. The molecule has 9 N–H and O–H groups in total. The average molecular weight is 1090 g/mol. The smallest absolute Gasteiger partial charge is 0.316 e. The van der Waals surface area contributed by atoms with Crippen molar-refractivity contribution in [3.05, 3.63) is 65.2 Å². The molecule has 0 saturated carbocycles. The number of likely N-dealkylation sites (tertiary alicyclic amines) is 2. The van der Waals surface area contributed by atoms with Crippen molar-refractivity contribution in [2.45, 2.75) is 121 Å². The average Bonchev–Trinajstić information content (AvgIpc) is 4.04. The molecule has 0 aromatic heterocycles. The number of nitrogens with zero attached hydrogens (tertiary/aromatic N) is 4. The number of β-amino-alcohol motifs (C(OH)–C–C–N with tert-alkyl or cyclic N) is 1. The van der Waals surface area contributed by atoms with E-state index >= 15 is 0 Å². The second-order valence-corrected chi connectivity index (χ2v) is 20.0. The Balaban J connectivity index is 0.901. The molecule has 4 atom stereocenters. The number of amides is 5. The van der Waals surface area contributed by atoms with E-state index in [0.717, 1.165) is 36.8 Å². The predicted molar refractivity (Wildman–Crippen MR) is 286 cm³/mol. The Morgan fingerprint density at radius 2 is 1.25 bits per heavy atom. The van der Waals surface area contributed by atoms with Crippen LogP contribution in [-0.2, 0) is 58.6 Å². The van der Waals surface area contributed by atoms with Crippen molar-refractivity contribution in [3.63, 3.8) is 0 Å². The molecule has 2 aromatic carbocycles. The SMILES string of the molecule is N/C1=C(\N(N)CCOCCOCCOCCOCCC(=O)NCCCCCC(=O)N2C[C@H](O)C[C@H]2CO)c2ccccc2CN(C(=O)CCCCC(=O)NCCCCCC(=O)N2CC[C@@H](O[PH](=O)O)C2)c2ccccc21. The van der Waals surface area contributed by atoms with Gasteiger partial charge in [-0.25, -0.2) is 5.84 Å². The van der Waals surface area contributed by atoms with Crippen molar-refractivity contribution in [3.8, 4) is 0 Å². The number of aliphatic hydroxyl groups excluding tert-OH is 2. The van der Waals surface area contributed by atoms with Gasteiger partial charge in [0.2, 0.25) is 29.5 Å². The molecule has 22 nitrogen and oxygen atoms in total. The number of hydrazine groups is 1. The maximum atomic E-state index is 13.9. The maximum absolute atomic E-state index is 13.9. The molecule has 0 radical (unpaired) electrons. The van der Waals surface area contributed by atoms with E-state index in [1.165, 1.54) is 0 Å². The fourth-order valence-corrected chi connectivity index (χ4v) is 9.92. The Morgan fingerprint density at radius 1 is 0.684 bits per heavy atom. The van der Waals surface area contributed by atoms with Gasteiger partial charge in [-0.3, -0.25) is 28.5 Å². The predicted octanol–water partition coefficient (Wildman–Crippen LogP) is 2.82. The molecule has 23 heteroatoms. The van der Waals surface area contributed by atoms with Crippen molar-refractivity contribution in [1.82, 2.24) is 25.4 Å². The number of nitrogens with one attached hydrogen (secondary N) is 2. The molecule has 0 bridgehead atoms. The zero-order valence-electron chi connectivity index (χ0n) is 44.0. The van der Waals surface area contributed by atoms with Gasteiger partial charge >= 0.3 is 8.25 Å². The minimum atomic E-state index is -3.02. The first kappa shape index (κ1) is 61.8. The Morgan fingerprint density at radius 3 is 1.92 bits per heavy atom. The highest BCUT2D eigenvalue weighted by Crippen LogP contribution is 2.37. The second-order valence-electron chi connectivity index (χ2n) is 19.2. The van der Waals surface area contributed by atoms with Crippen LogP contribution < -0.4 is 27.1 Å². The van der Waals surface area contributed by atoms with Crippen molar-refractivity contribution < 1.29 is 67.1 Å². The fraction of sp³-hybridized carbons (Fsp3) is 0.642. The Labute approximate surface area is 447 Å². The molecule has 2 fully saturated rings. The summed E-state index contributed by atoms with van der Waals surface area (Å²) in [6, 6.07) is 14.9. The number of para-hydroxylation sites is 1. The van der Waals surface area contributed by atoms with Crippen LogP contribution in [0.3, 0.4) is 0 Å². The number of benzene rings is 2. The molecular weight excluding hydrogens is 1000 g/mol. The highest BCUT2D eigenvalue weighted by Gasteiger charge is 2.33. The lowest BCUT2D eigenvalue weighted by Gasteiger charge is -2.33. The molecule has 76 heavy (non-hydrogen) atoms. The van der Waals surface area contributed by atoms with Gasteiger partial charge in [-0.15, -0.1) is 0 Å². The van der Waals surface area contributed by atoms with E-state index in [-0.39, 0.29) is 74.3 Å². The summed E-state index contributed by atoms with van der Waals surface area (Å²) in [4.78, 5) is 77.5. The number of unbranched alkanes of at least 4 members (excludes halogenated alkanes) is 5. The number of ether oxygens (including phenoxy) is 4. The molecule has 3 aliphatic rings. The number of aliphatic hydroxyl groups is 2. The summed E-state index contributed by atoms with van der Waals surface area (Å²) in [5, 5.41) is 26.6. The Kier molecular flexibility index (Phi) is 28.2. The molecule has 3 heterocycles. The van der Waals surface area contributed by atoms with Crippen molar-refractivity contribution >= 4 is 54.9 Å². The first-order chi connectivity index (χ1) is 36.9. The minimum Gasteiger partial charge on any atom is -0.396 e. The number of nitrogens with two attached hydrogens (primary N) is 2. The van der Waals surface area contributed by atoms with Gasteiger partial charge < -0.3 is 74.7 Å².